The number of aromatic nitrogens is 2. The zero-order valence-corrected chi connectivity index (χ0v) is 22.9. The van der Waals surface area contributed by atoms with Crippen LogP contribution >= 0.6 is 0 Å². The van der Waals surface area contributed by atoms with Crippen LogP contribution in [0.25, 0.3) is 5.69 Å². The minimum absolute atomic E-state index is 0.0186. The molecule has 2 heterocycles. The molecule has 3 amide bonds. The number of benzene rings is 2. The molecule has 4 rings (SSSR count). The Morgan fingerprint density at radius 1 is 1.05 bits per heavy atom. The Hall–Kier alpha value is -4.35. The quantitative estimate of drug-likeness (QED) is 0.433. The number of hydrogen-bond acceptors (Lipinski definition) is 5. The second-order valence-electron chi connectivity index (χ2n) is 9.65. The van der Waals surface area contributed by atoms with Crippen LogP contribution in [0.15, 0.2) is 42.5 Å². The summed E-state index contributed by atoms with van der Waals surface area (Å²) < 4.78 is 48.5. The fraction of sp³-hybridized carbons (Fsp3) is 0.357. The molecule has 3 aromatic rings. The molecule has 0 unspecified atom stereocenters. The highest BCUT2D eigenvalue weighted by molar-refractivity contribution is 6.08. The first-order chi connectivity index (χ1) is 18.9. The first-order valence-electron chi connectivity index (χ1n) is 12.7. The summed E-state index contributed by atoms with van der Waals surface area (Å²) in [7, 11) is 6.23. The third-order valence-corrected chi connectivity index (χ3v) is 6.69. The smallest absolute Gasteiger partial charge is 0.435 e. The van der Waals surface area contributed by atoms with E-state index in [1.165, 1.54) is 40.0 Å². The van der Waals surface area contributed by atoms with Gasteiger partial charge in [-0.25, -0.2) is 4.68 Å². The molecular weight excluding hydrogens is 527 g/mol. The number of methoxy groups -OCH3 is 1. The van der Waals surface area contributed by atoms with Crippen LogP contribution in [0.5, 0.6) is 5.75 Å². The molecule has 0 fully saturated rings. The molecule has 0 saturated carbocycles. The van der Waals surface area contributed by atoms with E-state index in [0.29, 0.717) is 30.0 Å². The number of amides is 3. The molecule has 0 atom stereocenters. The fourth-order valence-electron chi connectivity index (χ4n) is 4.69. The topological polar surface area (TPSA) is 88.0 Å². The maximum absolute atomic E-state index is 14.1. The van der Waals surface area contributed by atoms with Crippen LogP contribution < -0.4 is 9.64 Å². The van der Waals surface area contributed by atoms with Gasteiger partial charge in [-0.05, 0) is 55.3 Å². The Morgan fingerprint density at radius 2 is 1.73 bits per heavy atom. The Morgan fingerprint density at radius 3 is 2.30 bits per heavy atom. The maximum Gasteiger partial charge on any atom is 0.435 e. The van der Waals surface area contributed by atoms with Crippen molar-refractivity contribution in [1.82, 2.24) is 19.6 Å². The van der Waals surface area contributed by atoms with Crippen molar-refractivity contribution in [3.05, 3.63) is 70.5 Å². The summed E-state index contributed by atoms with van der Waals surface area (Å²) in [6.45, 7) is 2.29. The van der Waals surface area contributed by atoms with Crippen molar-refractivity contribution in [3.8, 4) is 11.4 Å². The number of fused-ring (bicyclic) bond motifs is 1. The van der Waals surface area contributed by atoms with Crippen LogP contribution in [-0.4, -0.2) is 78.6 Å². The summed E-state index contributed by atoms with van der Waals surface area (Å²) in [6, 6.07) is 10.6. The predicted molar refractivity (Wildman–Crippen MR) is 142 cm³/mol. The lowest BCUT2D eigenvalue weighted by Gasteiger charge is -2.28. The highest BCUT2D eigenvalue weighted by Crippen LogP contribution is 2.38. The Bertz CT molecular complexity index is 1450. The van der Waals surface area contributed by atoms with Crippen LogP contribution in [0.1, 0.15) is 55.8 Å². The monoisotopic (exact) mass is 557 g/mol. The van der Waals surface area contributed by atoms with Gasteiger partial charge in [0.25, 0.3) is 17.7 Å². The Balaban J connectivity index is 1.86. The van der Waals surface area contributed by atoms with Gasteiger partial charge in [0.2, 0.25) is 0 Å². The van der Waals surface area contributed by atoms with Gasteiger partial charge in [-0.15, -0.1) is 0 Å². The van der Waals surface area contributed by atoms with Crippen molar-refractivity contribution in [2.75, 3.05) is 46.2 Å². The maximum atomic E-state index is 14.1. The standard InChI is InChI=1S/C28H30F3N5O4/c1-6-14-34(4)26(38)21-16-19(40-5)11-12-22(21)36-23-20(24(32-36)28(29,30)31)13-15-35(27(23)39)18-9-7-17(8-10-18)25(37)33(2)3/h7-12,16H,6,13-15H2,1-5H3. The van der Waals surface area contributed by atoms with E-state index in [0.717, 1.165) is 4.68 Å². The summed E-state index contributed by atoms with van der Waals surface area (Å²) in [4.78, 5) is 43.6. The minimum Gasteiger partial charge on any atom is -0.497 e. The highest BCUT2D eigenvalue weighted by atomic mass is 19.4. The van der Waals surface area contributed by atoms with E-state index in [2.05, 4.69) is 5.10 Å². The molecule has 1 aliphatic heterocycles. The number of nitrogens with zero attached hydrogens (tertiary/aromatic N) is 5. The molecule has 1 aromatic heterocycles. The van der Waals surface area contributed by atoms with Crippen LogP contribution in [0.3, 0.4) is 0 Å². The van der Waals surface area contributed by atoms with E-state index in [1.807, 2.05) is 6.92 Å². The zero-order chi connectivity index (χ0) is 29.4. The van der Waals surface area contributed by atoms with Crippen LogP contribution in [0, 0.1) is 0 Å². The Kier molecular flexibility index (Phi) is 7.90. The first-order valence-corrected chi connectivity index (χ1v) is 12.7. The number of anilines is 1. The molecule has 40 heavy (non-hydrogen) atoms. The van der Waals surface area contributed by atoms with Gasteiger partial charge < -0.3 is 19.4 Å². The van der Waals surface area contributed by atoms with Gasteiger partial charge in [-0.2, -0.15) is 18.3 Å². The van der Waals surface area contributed by atoms with E-state index in [-0.39, 0.29) is 41.4 Å². The van der Waals surface area contributed by atoms with Crippen molar-refractivity contribution < 1.29 is 32.3 Å². The molecule has 0 saturated heterocycles. The van der Waals surface area contributed by atoms with Gasteiger partial charge >= 0.3 is 6.18 Å². The molecule has 12 heteroatoms. The summed E-state index contributed by atoms with van der Waals surface area (Å²) in [5.74, 6) is -1.05. The number of carbonyl (C=O) groups excluding carboxylic acids is 3. The predicted octanol–water partition coefficient (Wildman–Crippen LogP) is 4.29. The van der Waals surface area contributed by atoms with Crippen molar-refractivity contribution in [2.45, 2.75) is 25.9 Å². The molecule has 0 bridgehead atoms. The average Bonchev–Trinajstić information content (AvgIpc) is 3.33. The molecule has 0 spiro atoms. The van der Waals surface area contributed by atoms with E-state index < -0.39 is 23.7 Å². The first kappa shape index (κ1) is 28.7. The minimum atomic E-state index is -4.82. The molecule has 9 nitrogen and oxygen atoms in total. The number of rotatable bonds is 7. The number of ether oxygens (including phenoxy) is 1. The second-order valence-corrected chi connectivity index (χ2v) is 9.65. The number of halogens is 3. The van der Waals surface area contributed by atoms with Crippen molar-refractivity contribution >= 4 is 23.4 Å². The number of alkyl halides is 3. The summed E-state index contributed by atoms with van der Waals surface area (Å²) in [6.07, 6.45) is -4.26. The van der Waals surface area contributed by atoms with Gasteiger partial charge in [0, 0.05) is 51.0 Å². The highest BCUT2D eigenvalue weighted by Gasteiger charge is 2.43. The Labute approximate surface area is 229 Å². The lowest BCUT2D eigenvalue weighted by atomic mass is 10.0. The van der Waals surface area contributed by atoms with E-state index in [9.17, 15) is 27.6 Å². The molecule has 212 valence electrons. The average molecular weight is 558 g/mol. The van der Waals surface area contributed by atoms with Gasteiger partial charge in [0.15, 0.2) is 5.69 Å². The number of hydrogen-bond donors (Lipinski definition) is 0. The van der Waals surface area contributed by atoms with E-state index in [4.69, 9.17) is 4.74 Å². The second kappa shape index (κ2) is 11.0. The van der Waals surface area contributed by atoms with Gasteiger partial charge in [-0.1, -0.05) is 6.92 Å². The van der Waals surface area contributed by atoms with Crippen molar-refractivity contribution in [2.24, 2.45) is 0 Å². The van der Waals surface area contributed by atoms with E-state index >= 15 is 0 Å². The van der Waals surface area contributed by atoms with Gasteiger partial charge in [0.1, 0.15) is 11.4 Å². The van der Waals surface area contributed by atoms with Crippen molar-refractivity contribution in [1.29, 1.82) is 0 Å². The SMILES string of the molecule is CCCN(C)C(=O)c1cc(OC)ccc1-n1nc(C(F)(F)F)c2c1C(=O)N(c1ccc(C(=O)N(C)C)cc1)CC2. The summed E-state index contributed by atoms with van der Waals surface area (Å²) in [5.41, 5.74) is -0.775. The fourth-order valence-corrected chi connectivity index (χ4v) is 4.69. The molecule has 1 aliphatic rings. The van der Waals surface area contributed by atoms with Gasteiger partial charge in [-0.3, -0.25) is 14.4 Å². The third-order valence-electron chi connectivity index (χ3n) is 6.69. The summed E-state index contributed by atoms with van der Waals surface area (Å²) in [5, 5.41) is 3.85. The largest absolute Gasteiger partial charge is 0.497 e. The molecule has 0 radical (unpaired) electrons. The van der Waals surface area contributed by atoms with Crippen LogP contribution in [0.2, 0.25) is 0 Å². The lowest BCUT2D eigenvalue weighted by molar-refractivity contribution is -0.141. The van der Waals surface area contributed by atoms with Gasteiger partial charge in [0.05, 0.1) is 18.4 Å². The lowest BCUT2D eigenvalue weighted by Crippen LogP contribution is -2.39. The van der Waals surface area contributed by atoms with Crippen LogP contribution in [0.4, 0.5) is 18.9 Å². The normalized spacial score (nSPS) is 13.2. The summed E-state index contributed by atoms with van der Waals surface area (Å²) >= 11 is 0. The van der Waals surface area contributed by atoms with Crippen molar-refractivity contribution in [3.63, 3.8) is 0 Å². The number of carbonyl (C=O) groups is 3. The molecule has 0 N–H and O–H groups in total. The van der Waals surface area contributed by atoms with Crippen LogP contribution in [-0.2, 0) is 12.6 Å². The molecule has 0 aliphatic carbocycles. The van der Waals surface area contributed by atoms with E-state index in [1.54, 1.807) is 45.4 Å². The zero-order valence-electron chi connectivity index (χ0n) is 22.9. The third kappa shape index (κ3) is 5.25. The molecular formula is C28H30F3N5O4. The molecule has 2 aromatic carbocycles.